The van der Waals surface area contributed by atoms with Crippen molar-refractivity contribution in [1.29, 1.82) is 0 Å². The molecule has 0 radical (unpaired) electrons. The fraction of sp³-hybridized carbons (Fsp3) is 0.857. The Labute approximate surface area is 351 Å². The maximum Gasteiger partial charge on any atom is 0.362 e. The number of quaternary nitrogens is 1. The molecule has 0 rings (SSSR count). The first-order chi connectivity index (χ1) is 27.6. The van der Waals surface area contributed by atoms with Crippen molar-refractivity contribution in [1.82, 2.24) is 0 Å². The van der Waals surface area contributed by atoms with Gasteiger partial charge in [-0.05, 0) is 38.5 Å². The highest BCUT2D eigenvalue weighted by atomic mass is 16.6. The third-order valence-corrected chi connectivity index (χ3v) is 10.9. The maximum absolute atomic E-state index is 12.7. The highest BCUT2D eigenvalue weighted by Crippen LogP contribution is 2.16. The van der Waals surface area contributed by atoms with E-state index in [1.165, 1.54) is 128 Å². The van der Waals surface area contributed by atoms with Crippen LogP contribution in [-0.2, 0) is 28.6 Å². The molecule has 334 valence electrons. The monoisotopic (exact) mass is 807 g/mol. The molecule has 0 aromatic heterocycles. The van der Waals surface area contributed by atoms with Crippen LogP contribution in [0.15, 0.2) is 24.3 Å². The lowest BCUT2D eigenvalue weighted by Crippen LogP contribution is -2.50. The number of carboxylic acids is 1. The van der Waals surface area contributed by atoms with E-state index in [0.29, 0.717) is 19.3 Å². The van der Waals surface area contributed by atoms with Crippen molar-refractivity contribution in [3.05, 3.63) is 24.3 Å². The fourth-order valence-electron chi connectivity index (χ4n) is 7.19. The van der Waals surface area contributed by atoms with Gasteiger partial charge in [-0.15, -0.1) is 0 Å². The minimum absolute atomic E-state index is 0.0496. The number of carbonyl (C=O) groups excluding carboxylic acids is 2. The molecule has 0 aromatic carbocycles. The summed E-state index contributed by atoms with van der Waals surface area (Å²) in [5.74, 6) is -1.46. The second-order valence-electron chi connectivity index (χ2n) is 17.3. The molecule has 0 aromatic rings. The molecule has 0 fully saturated rings. The van der Waals surface area contributed by atoms with Gasteiger partial charge in [0, 0.05) is 19.3 Å². The number of nitrogens with zero attached hydrogens (tertiary/aromatic N) is 1. The zero-order chi connectivity index (χ0) is 42.1. The number of hydrogen-bond acceptors (Lipinski definition) is 6. The second kappa shape index (κ2) is 40.6. The van der Waals surface area contributed by atoms with Crippen LogP contribution in [0.1, 0.15) is 219 Å². The Morgan fingerprint density at radius 3 is 1.44 bits per heavy atom. The number of likely N-dealkylation sites (N-methyl/N-ethyl adjacent to an activating group) is 1. The number of esters is 2. The number of carbonyl (C=O) groups is 3. The highest BCUT2D eigenvalue weighted by Gasteiger charge is 2.31. The zero-order valence-corrected chi connectivity index (χ0v) is 38.1. The molecule has 0 aliphatic heterocycles. The van der Waals surface area contributed by atoms with E-state index in [1.54, 1.807) is 0 Å². The Morgan fingerprint density at radius 1 is 0.544 bits per heavy atom. The van der Waals surface area contributed by atoms with Gasteiger partial charge in [0.25, 0.3) is 0 Å². The van der Waals surface area contributed by atoms with E-state index >= 15 is 0 Å². The molecule has 0 aliphatic rings. The van der Waals surface area contributed by atoms with Crippen LogP contribution in [0.2, 0.25) is 0 Å². The SMILES string of the molecule is CC/C=C/C/C=C/CCCCCCCCCC(=O)OC(COCCC(C(=O)O)[N+](C)(C)C)COC(=O)CCCCCCCCCCCCCCCCCCCCC. The van der Waals surface area contributed by atoms with Crippen LogP contribution in [-0.4, -0.2) is 80.6 Å². The van der Waals surface area contributed by atoms with E-state index in [9.17, 15) is 19.5 Å². The van der Waals surface area contributed by atoms with E-state index in [-0.39, 0.29) is 36.2 Å². The summed E-state index contributed by atoms with van der Waals surface area (Å²) < 4.78 is 17.3. The molecule has 8 nitrogen and oxygen atoms in total. The summed E-state index contributed by atoms with van der Waals surface area (Å²) >= 11 is 0. The van der Waals surface area contributed by atoms with Gasteiger partial charge in [0.05, 0.1) is 34.4 Å². The van der Waals surface area contributed by atoms with Gasteiger partial charge in [0.15, 0.2) is 12.1 Å². The summed E-state index contributed by atoms with van der Waals surface area (Å²) in [7, 11) is 5.53. The van der Waals surface area contributed by atoms with Gasteiger partial charge in [0.1, 0.15) is 6.61 Å². The minimum atomic E-state index is -0.874. The summed E-state index contributed by atoms with van der Waals surface area (Å²) in [5.41, 5.74) is 0. The van der Waals surface area contributed by atoms with Gasteiger partial charge >= 0.3 is 17.9 Å². The molecule has 1 N–H and O–H groups in total. The normalized spacial score (nSPS) is 13.1. The lowest BCUT2D eigenvalue weighted by atomic mass is 10.0. The van der Waals surface area contributed by atoms with E-state index in [2.05, 4.69) is 38.2 Å². The minimum Gasteiger partial charge on any atom is -0.477 e. The van der Waals surface area contributed by atoms with Crippen molar-refractivity contribution in [3.63, 3.8) is 0 Å². The average molecular weight is 807 g/mol. The smallest absolute Gasteiger partial charge is 0.362 e. The molecule has 0 aliphatic carbocycles. The summed E-state index contributed by atoms with van der Waals surface area (Å²) in [5, 5.41) is 9.63. The van der Waals surface area contributed by atoms with Crippen molar-refractivity contribution in [2.24, 2.45) is 0 Å². The van der Waals surface area contributed by atoms with E-state index in [4.69, 9.17) is 14.2 Å². The van der Waals surface area contributed by atoms with Crippen LogP contribution < -0.4 is 0 Å². The number of unbranched alkanes of at least 4 members (excludes halogenated alkanes) is 25. The molecule has 0 heterocycles. The molecule has 0 spiro atoms. The van der Waals surface area contributed by atoms with E-state index < -0.39 is 18.1 Å². The zero-order valence-electron chi connectivity index (χ0n) is 38.1. The lowest BCUT2D eigenvalue weighted by Gasteiger charge is -2.31. The molecule has 57 heavy (non-hydrogen) atoms. The summed E-state index contributed by atoms with van der Waals surface area (Å²) in [6.45, 7) is 4.65. The molecule has 0 bridgehead atoms. The second-order valence-corrected chi connectivity index (χ2v) is 17.3. The molecule has 0 saturated heterocycles. The van der Waals surface area contributed by atoms with Gasteiger partial charge in [-0.2, -0.15) is 0 Å². The summed E-state index contributed by atoms with van der Waals surface area (Å²) in [4.78, 5) is 37.0. The average Bonchev–Trinajstić information content (AvgIpc) is 3.17. The number of carboxylic acid groups (broad SMARTS) is 1. The Balaban J connectivity index is 4.24. The first kappa shape index (κ1) is 54.8. The van der Waals surface area contributed by atoms with Crippen molar-refractivity contribution >= 4 is 17.9 Å². The predicted octanol–water partition coefficient (Wildman–Crippen LogP) is 13.3. The molecule has 0 amide bonds. The van der Waals surface area contributed by atoms with Crippen molar-refractivity contribution in [2.45, 2.75) is 231 Å². The van der Waals surface area contributed by atoms with Gasteiger partial charge in [-0.3, -0.25) is 9.59 Å². The third-order valence-electron chi connectivity index (χ3n) is 10.9. The topological polar surface area (TPSA) is 99.1 Å². The first-order valence-corrected chi connectivity index (χ1v) is 23.9. The lowest BCUT2D eigenvalue weighted by molar-refractivity contribution is -0.887. The van der Waals surface area contributed by atoms with Crippen LogP contribution in [0.25, 0.3) is 0 Å². The van der Waals surface area contributed by atoms with Crippen LogP contribution in [0.3, 0.4) is 0 Å². The molecular weight excluding hydrogens is 715 g/mol. The number of hydrogen-bond donors (Lipinski definition) is 1. The van der Waals surface area contributed by atoms with Gasteiger partial charge in [0.2, 0.25) is 0 Å². The predicted molar refractivity (Wildman–Crippen MR) is 238 cm³/mol. The van der Waals surface area contributed by atoms with Crippen molar-refractivity contribution < 1.29 is 38.2 Å². The highest BCUT2D eigenvalue weighted by molar-refractivity contribution is 5.72. The standard InChI is InChI=1S/C49H91NO7/c1-6-8-10-12-14-16-18-20-22-23-24-25-26-28-29-31-33-35-37-39-47(51)56-44-45(43-55-42-41-46(49(53)54)50(3,4)5)57-48(52)40-38-36-34-32-30-27-21-19-17-15-13-11-9-7-2/h9,11,15,17,45-46H,6-8,10,12-14,16,18-44H2,1-5H3/p+1/b11-9+,17-15+. The molecule has 8 heteroatoms. The van der Waals surface area contributed by atoms with Crippen LogP contribution >= 0.6 is 0 Å². The molecule has 0 saturated carbocycles. The number of ether oxygens (including phenoxy) is 3. The van der Waals surface area contributed by atoms with Crippen LogP contribution in [0.5, 0.6) is 0 Å². The summed E-state index contributed by atoms with van der Waals surface area (Å²) in [6, 6.07) is -0.613. The van der Waals surface area contributed by atoms with E-state index in [1.807, 2.05) is 21.1 Å². The van der Waals surface area contributed by atoms with E-state index in [0.717, 1.165) is 57.8 Å². The first-order valence-electron chi connectivity index (χ1n) is 23.9. The number of rotatable bonds is 43. The van der Waals surface area contributed by atoms with Gasteiger partial charge < -0.3 is 23.8 Å². The van der Waals surface area contributed by atoms with Gasteiger partial charge in [-0.25, -0.2) is 4.79 Å². The molecule has 2 atom stereocenters. The Bertz CT molecular complexity index is 989. The molecule has 2 unspecified atom stereocenters. The van der Waals surface area contributed by atoms with Gasteiger partial charge in [-0.1, -0.05) is 186 Å². The Kier molecular flexibility index (Phi) is 39.0. The van der Waals surface area contributed by atoms with Crippen molar-refractivity contribution in [2.75, 3.05) is 41.0 Å². The largest absolute Gasteiger partial charge is 0.477 e. The molecular formula is C49H92NO7+. The van der Waals surface area contributed by atoms with Crippen LogP contribution in [0.4, 0.5) is 0 Å². The number of aliphatic carboxylic acids is 1. The maximum atomic E-state index is 12.7. The Hall–Kier alpha value is -2.19. The van der Waals surface area contributed by atoms with Crippen LogP contribution in [0, 0.1) is 0 Å². The fourth-order valence-corrected chi connectivity index (χ4v) is 7.19. The Morgan fingerprint density at radius 2 is 0.982 bits per heavy atom. The summed E-state index contributed by atoms with van der Waals surface area (Å²) in [6.07, 6.45) is 45.1. The number of allylic oxidation sites excluding steroid dienone is 4. The van der Waals surface area contributed by atoms with Crippen molar-refractivity contribution in [3.8, 4) is 0 Å². The quantitative estimate of drug-likeness (QED) is 0.0283. The third kappa shape index (κ3) is 39.1.